The van der Waals surface area contributed by atoms with Gasteiger partial charge in [-0.1, -0.05) is 0 Å². The number of hydrogen-bond donors (Lipinski definition) is 0. The fourth-order valence-electron chi connectivity index (χ4n) is 3.69. The van der Waals surface area contributed by atoms with E-state index >= 15 is 0 Å². The van der Waals surface area contributed by atoms with E-state index in [1.165, 1.54) is 0 Å². The molecule has 0 radical (unpaired) electrons. The number of rotatable bonds is 5. The normalized spacial score (nSPS) is 19.4. The molecule has 2 fully saturated rings. The predicted octanol–water partition coefficient (Wildman–Crippen LogP) is 3.43. The molecular weight excluding hydrogens is 359 g/mol. The van der Waals surface area contributed by atoms with E-state index in [9.17, 15) is 13.2 Å². The molecule has 0 atom stereocenters. The molecule has 2 aromatic heterocycles. The Hall–Kier alpha value is -2.16. The van der Waals surface area contributed by atoms with Crippen LogP contribution in [0.5, 0.6) is 0 Å². The average Bonchev–Trinajstić information content (AvgIpc) is 3.38. The van der Waals surface area contributed by atoms with Gasteiger partial charge < -0.3 is 9.32 Å². The van der Waals surface area contributed by atoms with Gasteiger partial charge in [0.25, 0.3) is 0 Å². The molecule has 0 amide bonds. The summed E-state index contributed by atoms with van der Waals surface area (Å²) in [5.41, 5.74) is -0.880. The van der Waals surface area contributed by atoms with Crippen molar-refractivity contribution < 1.29 is 17.6 Å². The molecule has 0 aromatic carbocycles. The summed E-state index contributed by atoms with van der Waals surface area (Å²) in [6.45, 7) is 4.24. The molecule has 9 heteroatoms. The molecule has 1 aliphatic carbocycles. The Kier molecular flexibility index (Phi) is 4.79. The highest BCUT2D eigenvalue weighted by molar-refractivity contribution is 5.44. The highest BCUT2D eigenvalue weighted by Crippen LogP contribution is 2.37. The molecule has 4 rings (SSSR count). The summed E-state index contributed by atoms with van der Waals surface area (Å²) in [6, 6.07) is 1.56. The lowest BCUT2D eigenvalue weighted by molar-refractivity contribution is -0.141. The van der Waals surface area contributed by atoms with Crippen molar-refractivity contribution in [2.75, 3.05) is 18.0 Å². The molecule has 3 heterocycles. The van der Waals surface area contributed by atoms with Crippen LogP contribution in [-0.4, -0.2) is 45.0 Å². The maximum absolute atomic E-state index is 13.0. The second-order valence-corrected chi connectivity index (χ2v) is 7.27. The van der Waals surface area contributed by atoms with Gasteiger partial charge >= 0.3 is 6.18 Å². The maximum atomic E-state index is 13.0. The van der Waals surface area contributed by atoms with Gasteiger partial charge in [0, 0.05) is 31.2 Å². The largest absolute Gasteiger partial charge is 0.445 e. The number of likely N-dealkylation sites (tertiary alicyclic amines) is 1. The third-order valence-corrected chi connectivity index (χ3v) is 5.13. The summed E-state index contributed by atoms with van der Waals surface area (Å²) in [7, 11) is 0. The topological polar surface area (TPSA) is 58.3 Å². The van der Waals surface area contributed by atoms with Gasteiger partial charge in [-0.05, 0) is 32.6 Å². The summed E-state index contributed by atoms with van der Waals surface area (Å²) in [4.78, 5) is 16.1. The Morgan fingerprint density at radius 3 is 2.41 bits per heavy atom. The van der Waals surface area contributed by atoms with Crippen molar-refractivity contribution in [1.82, 2.24) is 19.9 Å². The van der Waals surface area contributed by atoms with Crippen LogP contribution in [-0.2, 0) is 12.7 Å². The number of aromatic nitrogens is 3. The minimum atomic E-state index is -4.45. The maximum Gasteiger partial charge on any atom is 0.433 e. The van der Waals surface area contributed by atoms with Crippen LogP contribution < -0.4 is 4.90 Å². The molecule has 1 aliphatic heterocycles. The summed E-state index contributed by atoms with van der Waals surface area (Å²) in [5, 5.41) is 0. The summed E-state index contributed by atoms with van der Waals surface area (Å²) >= 11 is 0. The van der Waals surface area contributed by atoms with Gasteiger partial charge in [0.2, 0.25) is 5.89 Å². The number of oxazole rings is 1. The smallest absolute Gasteiger partial charge is 0.433 e. The fourth-order valence-corrected chi connectivity index (χ4v) is 3.69. The molecule has 0 bridgehead atoms. The van der Waals surface area contributed by atoms with Crippen LogP contribution in [0.15, 0.2) is 23.0 Å². The quantitative estimate of drug-likeness (QED) is 0.791. The van der Waals surface area contributed by atoms with Crippen molar-refractivity contribution in [3.05, 3.63) is 35.9 Å². The van der Waals surface area contributed by atoms with E-state index < -0.39 is 11.9 Å². The Balaban J connectivity index is 1.44. The first-order valence-electron chi connectivity index (χ1n) is 9.21. The van der Waals surface area contributed by atoms with Crippen LogP contribution in [0.3, 0.4) is 0 Å². The third kappa shape index (κ3) is 4.23. The van der Waals surface area contributed by atoms with Gasteiger partial charge in [-0.15, -0.1) is 0 Å². The van der Waals surface area contributed by atoms with Crippen LogP contribution in [0.1, 0.15) is 43.0 Å². The van der Waals surface area contributed by atoms with Crippen molar-refractivity contribution in [2.45, 2.75) is 57.4 Å². The lowest BCUT2D eigenvalue weighted by Crippen LogP contribution is -2.46. The van der Waals surface area contributed by atoms with Crippen LogP contribution in [0.2, 0.25) is 0 Å². The van der Waals surface area contributed by atoms with E-state index in [0.29, 0.717) is 18.3 Å². The lowest BCUT2D eigenvalue weighted by atomic mass is 10.0. The van der Waals surface area contributed by atoms with Gasteiger partial charge in [-0.3, -0.25) is 4.90 Å². The predicted molar refractivity (Wildman–Crippen MR) is 92.1 cm³/mol. The number of halogens is 3. The molecule has 0 spiro atoms. The zero-order chi connectivity index (χ0) is 19.0. The lowest BCUT2D eigenvalue weighted by Gasteiger charge is -2.39. The zero-order valence-corrected chi connectivity index (χ0v) is 15.1. The first kappa shape index (κ1) is 18.2. The second-order valence-electron chi connectivity index (χ2n) is 7.27. The number of anilines is 1. The van der Waals surface area contributed by atoms with Gasteiger partial charge in [-0.25, -0.2) is 15.0 Å². The van der Waals surface area contributed by atoms with Gasteiger partial charge in [-0.2, -0.15) is 13.2 Å². The molecule has 2 aromatic rings. The summed E-state index contributed by atoms with van der Waals surface area (Å²) in [5.74, 6) is 1.89. The van der Waals surface area contributed by atoms with Crippen molar-refractivity contribution in [1.29, 1.82) is 0 Å². The minimum absolute atomic E-state index is 0.191. The monoisotopic (exact) mass is 381 g/mol. The molecule has 1 saturated carbocycles. The van der Waals surface area contributed by atoms with Crippen molar-refractivity contribution in [2.24, 2.45) is 0 Å². The second kappa shape index (κ2) is 7.10. The van der Waals surface area contributed by atoms with E-state index in [-0.39, 0.29) is 12.1 Å². The molecule has 6 nitrogen and oxygen atoms in total. The highest BCUT2D eigenvalue weighted by atomic mass is 19.4. The number of nitrogens with zero attached hydrogens (tertiary/aromatic N) is 5. The third-order valence-electron chi connectivity index (χ3n) is 5.13. The molecule has 1 saturated heterocycles. The summed E-state index contributed by atoms with van der Waals surface area (Å²) < 4.78 is 44.6. The Labute approximate surface area is 155 Å². The molecule has 2 aliphatic rings. The van der Waals surface area contributed by atoms with Gasteiger partial charge in [0.05, 0.1) is 12.7 Å². The van der Waals surface area contributed by atoms with Gasteiger partial charge in [0.15, 0.2) is 0 Å². The van der Waals surface area contributed by atoms with E-state index in [4.69, 9.17) is 4.42 Å². The van der Waals surface area contributed by atoms with E-state index in [2.05, 4.69) is 24.8 Å². The van der Waals surface area contributed by atoms with Gasteiger partial charge in [0.1, 0.15) is 23.6 Å². The average molecular weight is 381 g/mol. The SMILES string of the molecule is Cc1cnc(CN2CCC(N(c3cc(C(F)(F)F)ncn3)C3CC3)CC2)o1. The Morgan fingerprint density at radius 1 is 1.11 bits per heavy atom. The van der Waals surface area contributed by atoms with E-state index in [0.717, 1.165) is 56.9 Å². The zero-order valence-electron chi connectivity index (χ0n) is 15.1. The molecule has 27 heavy (non-hydrogen) atoms. The number of hydrogen-bond acceptors (Lipinski definition) is 6. The van der Waals surface area contributed by atoms with Crippen LogP contribution in [0.25, 0.3) is 0 Å². The van der Waals surface area contributed by atoms with E-state index in [1.807, 2.05) is 6.92 Å². The number of aryl methyl sites for hydroxylation is 1. The van der Waals surface area contributed by atoms with Crippen molar-refractivity contribution in [3.63, 3.8) is 0 Å². The summed E-state index contributed by atoms with van der Waals surface area (Å²) in [6.07, 6.45) is 2.04. The Morgan fingerprint density at radius 2 is 1.81 bits per heavy atom. The fraction of sp³-hybridized carbons (Fsp3) is 0.611. The highest BCUT2D eigenvalue weighted by Gasteiger charge is 2.39. The van der Waals surface area contributed by atoms with Crippen LogP contribution in [0, 0.1) is 6.92 Å². The van der Waals surface area contributed by atoms with Crippen molar-refractivity contribution >= 4 is 5.82 Å². The molecule has 0 unspecified atom stereocenters. The molecule has 146 valence electrons. The first-order valence-corrected chi connectivity index (χ1v) is 9.21. The first-order chi connectivity index (χ1) is 12.9. The van der Waals surface area contributed by atoms with Crippen molar-refractivity contribution in [3.8, 4) is 0 Å². The Bertz CT molecular complexity index is 781. The molecule has 0 N–H and O–H groups in total. The standard InChI is InChI=1S/C18H22F3N5O/c1-12-9-22-17(27-12)10-25-6-4-14(5-7-25)26(13-2-3-13)16-8-15(18(19,20)21)23-11-24-16/h8-9,11,13-14H,2-7,10H2,1H3. The van der Waals surface area contributed by atoms with Crippen LogP contribution >= 0.6 is 0 Å². The number of piperidine rings is 1. The number of alkyl halides is 3. The minimum Gasteiger partial charge on any atom is -0.445 e. The molecular formula is C18H22F3N5O. The van der Waals surface area contributed by atoms with Crippen LogP contribution in [0.4, 0.5) is 19.0 Å². The van der Waals surface area contributed by atoms with E-state index in [1.54, 1.807) is 6.20 Å².